The first-order valence-electron chi connectivity index (χ1n) is 4.44. The molecular weight excluding hydrogens is 241 g/mol. The number of aryl methyl sites for hydroxylation is 1. The van der Waals surface area contributed by atoms with Crippen molar-refractivity contribution in [2.24, 2.45) is 5.73 Å². The molecule has 0 aliphatic carbocycles. The third-order valence-electron chi connectivity index (χ3n) is 1.98. The summed E-state index contributed by atoms with van der Waals surface area (Å²) in [6.07, 6.45) is -3.86. The first-order valence-corrected chi connectivity index (χ1v) is 4.44. The number of carboxylic acids is 1. The lowest BCUT2D eigenvalue weighted by Crippen LogP contribution is -2.22. The van der Waals surface area contributed by atoms with Crippen molar-refractivity contribution in [1.82, 2.24) is 4.98 Å². The number of alkyl halides is 3. The zero-order chi connectivity index (χ0) is 13.2. The Bertz CT molecular complexity index is 446. The molecule has 0 atom stereocenters. The normalized spacial score (nSPS) is 11.4. The average Bonchev–Trinajstić information content (AvgIpc) is 2.15. The van der Waals surface area contributed by atoms with Gasteiger partial charge in [0.15, 0.2) is 11.4 Å². The van der Waals surface area contributed by atoms with Gasteiger partial charge in [-0.2, -0.15) is 0 Å². The van der Waals surface area contributed by atoms with Gasteiger partial charge in [-0.25, -0.2) is 9.78 Å². The van der Waals surface area contributed by atoms with Crippen molar-refractivity contribution >= 4 is 5.97 Å². The minimum atomic E-state index is -5.00. The standard InChI is InChI=1S/C9H9F3N2O3/c1-4-3-14-6(8(15)16)7(5(4)2-13)17-9(10,11)12/h3H,2,13H2,1H3,(H,15,16). The predicted molar refractivity (Wildman–Crippen MR) is 50.5 cm³/mol. The lowest BCUT2D eigenvalue weighted by atomic mass is 10.1. The van der Waals surface area contributed by atoms with Crippen LogP contribution in [0.15, 0.2) is 6.20 Å². The van der Waals surface area contributed by atoms with Gasteiger partial charge >= 0.3 is 12.3 Å². The van der Waals surface area contributed by atoms with Crippen LogP contribution in [0.25, 0.3) is 0 Å². The highest BCUT2D eigenvalue weighted by Crippen LogP contribution is 2.30. The molecule has 8 heteroatoms. The van der Waals surface area contributed by atoms with Crippen molar-refractivity contribution in [2.75, 3.05) is 0 Å². The van der Waals surface area contributed by atoms with Crippen molar-refractivity contribution in [3.63, 3.8) is 0 Å². The van der Waals surface area contributed by atoms with E-state index < -0.39 is 23.8 Å². The molecule has 1 rings (SSSR count). The van der Waals surface area contributed by atoms with Crippen molar-refractivity contribution in [3.8, 4) is 5.75 Å². The topological polar surface area (TPSA) is 85.4 Å². The molecular formula is C9H9F3N2O3. The van der Waals surface area contributed by atoms with Gasteiger partial charge in [0, 0.05) is 18.3 Å². The molecule has 0 radical (unpaired) electrons. The molecule has 0 saturated heterocycles. The SMILES string of the molecule is Cc1cnc(C(=O)O)c(OC(F)(F)F)c1CN. The summed E-state index contributed by atoms with van der Waals surface area (Å²) in [7, 11) is 0. The van der Waals surface area contributed by atoms with Crippen molar-refractivity contribution < 1.29 is 27.8 Å². The fourth-order valence-electron chi connectivity index (χ4n) is 1.25. The molecule has 0 unspecified atom stereocenters. The molecule has 0 aromatic carbocycles. The van der Waals surface area contributed by atoms with E-state index in [0.717, 1.165) is 6.20 Å². The number of aromatic carboxylic acids is 1. The van der Waals surface area contributed by atoms with E-state index >= 15 is 0 Å². The number of halogens is 3. The predicted octanol–water partition coefficient (Wildman–Crippen LogP) is 1.45. The van der Waals surface area contributed by atoms with Crippen molar-refractivity contribution in [2.45, 2.75) is 19.8 Å². The molecule has 5 nitrogen and oxygen atoms in total. The lowest BCUT2D eigenvalue weighted by Gasteiger charge is -2.15. The molecule has 0 bridgehead atoms. The number of pyridine rings is 1. The Hall–Kier alpha value is -1.83. The van der Waals surface area contributed by atoms with Gasteiger partial charge in [0.05, 0.1) is 0 Å². The number of carbonyl (C=O) groups is 1. The van der Waals surface area contributed by atoms with E-state index in [1.54, 1.807) is 0 Å². The van der Waals surface area contributed by atoms with Crippen LogP contribution in [0.3, 0.4) is 0 Å². The van der Waals surface area contributed by atoms with E-state index in [2.05, 4.69) is 9.72 Å². The number of rotatable bonds is 3. The minimum absolute atomic E-state index is 0.0327. The molecule has 0 amide bonds. The van der Waals surface area contributed by atoms with E-state index in [0.29, 0.717) is 5.56 Å². The number of hydrogen-bond acceptors (Lipinski definition) is 4. The van der Waals surface area contributed by atoms with Gasteiger partial charge < -0.3 is 15.6 Å². The molecule has 1 aromatic heterocycles. The van der Waals surface area contributed by atoms with Crippen LogP contribution in [-0.2, 0) is 6.54 Å². The smallest absolute Gasteiger partial charge is 0.476 e. The Morgan fingerprint density at radius 1 is 1.59 bits per heavy atom. The van der Waals surface area contributed by atoms with Gasteiger partial charge in [-0.3, -0.25) is 0 Å². The Morgan fingerprint density at radius 3 is 2.59 bits per heavy atom. The second-order valence-electron chi connectivity index (χ2n) is 3.15. The van der Waals surface area contributed by atoms with Crippen LogP contribution in [0.5, 0.6) is 5.75 Å². The number of ether oxygens (including phenoxy) is 1. The van der Waals surface area contributed by atoms with E-state index in [1.165, 1.54) is 6.92 Å². The quantitative estimate of drug-likeness (QED) is 0.847. The van der Waals surface area contributed by atoms with Gasteiger partial charge in [0.25, 0.3) is 0 Å². The highest BCUT2D eigenvalue weighted by Gasteiger charge is 2.35. The molecule has 3 N–H and O–H groups in total. The maximum atomic E-state index is 12.1. The van der Waals surface area contributed by atoms with Gasteiger partial charge in [0.1, 0.15) is 0 Å². The van der Waals surface area contributed by atoms with Crippen LogP contribution in [0.2, 0.25) is 0 Å². The van der Waals surface area contributed by atoms with Gasteiger partial charge in [-0.1, -0.05) is 0 Å². The van der Waals surface area contributed by atoms with Crippen LogP contribution in [0.1, 0.15) is 21.6 Å². The highest BCUT2D eigenvalue weighted by atomic mass is 19.4. The Kier molecular flexibility index (Phi) is 3.56. The van der Waals surface area contributed by atoms with Crippen LogP contribution in [0.4, 0.5) is 13.2 Å². The van der Waals surface area contributed by atoms with E-state index in [9.17, 15) is 18.0 Å². The van der Waals surface area contributed by atoms with Crippen LogP contribution in [0, 0.1) is 6.92 Å². The molecule has 17 heavy (non-hydrogen) atoms. The highest BCUT2D eigenvalue weighted by molar-refractivity contribution is 5.89. The summed E-state index contributed by atoms with van der Waals surface area (Å²) < 4.78 is 40.1. The second kappa shape index (κ2) is 4.58. The molecule has 0 aliphatic heterocycles. The van der Waals surface area contributed by atoms with Crippen LogP contribution in [-0.4, -0.2) is 22.4 Å². The number of nitrogens with two attached hydrogens (primary N) is 1. The first-order chi connectivity index (χ1) is 7.76. The average molecular weight is 250 g/mol. The molecule has 1 aromatic rings. The Morgan fingerprint density at radius 2 is 2.18 bits per heavy atom. The van der Waals surface area contributed by atoms with E-state index in [4.69, 9.17) is 10.8 Å². The molecule has 0 spiro atoms. The fourth-order valence-corrected chi connectivity index (χ4v) is 1.25. The fraction of sp³-hybridized carbons (Fsp3) is 0.333. The monoisotopic (exact) mass is 250 g/mol. The molecule has 0 saturated carbocycles. The van der Waals surface area contributed by atoms with Crippen LogP contribution >= 0.6 is 0 Å². The molecule has 94 valence electrons. The number of aromatic nitrogens is 1. The van der Waals surface area contributed by atoms with Crippen molar-refractivity contribution in [1.29, 1.82) is 0 Å². The van der Waals surface area contributed by atoms with E-state index in [-0.39, 0.29) is 12.1 Å². The third-order valence-corrected chi connectivity index (χ3v) is 1.98. The second-order valence-corrected chi connectivity index (χ2v) is 3.15. The summed E-state index contributed by atoms with van der Waals surface area (Å²) in [4.78, 5) is 14.1. The zero-order valence-corrected chi connectivity index (χ0v) is 8.71. The first kappa shape index (κ1) is 13.2. The summed E-state index contributed by atoms with van der Waals surface area (Å²) in [6, 6.07) is 0. The summed E-state index contributed by atoms with van der Waals surface area (Å²) in [5, 5.41) is 8.72. The van der Waals surface area contributed by atoms with E-state index in [1.807, 2.05) is 0 Å². The number of hydrogen-bond donors (Lipinski definition) is 2. The summed E-state index contributed by atoms with van der Waals surface area (Å²) in [5.41, 5.74) is 4.76. The Balaban J connectivity index is 3.39. The minimum Gasteiger partial charge on any atom is -0.476 e. The molecule has 0 fully saturated rings. The largest absolute Gasteiger partial charge is 0.573 e. The Labute approximate surface area is 94.0 Å². The summed E-state index contributed by atoms with van der Waals surface area (Å²) in [5.74, 6) is -2.47. The zero-order valence-electron chi connectivity index (χ0n) is 8.71. The summed E-state index contributed by atoms with van der Waals surface area (Å²) >= 11 is 0. The van der Waals surface area contributed by atoms with Crippen molar-refractivity contribution in [3.05, 3.63) is 23.0 Å². The third kappa shape index (κ3) is 3.06. The van der Waals surface area contributed by atoms with Gasteiger partial charge in [-0.15, -0.1) is 13.2 Å². The number of carboxylic acid groups (broad SMARTS) is 1. The summed E-state index contributed by atoms with van der Waals surface area (Å²) in [6.45, 7) is 1.18. The van der Waals surface area contributed by atoms with Gasteiger partial charge in [-0.05, 0) is 12.5 Å². The molecule has 0 aliphatic rings. The maximum Gasteiger partial charge on any atom is 0.573 e. The number of nitrogens with zero attached hydrogens (tertiary/aromatic N) is 1. The maximum absolute atomic E-state index is 12.1. The molecule has 1 heterocycles. The van der Waals surface area contributed by atoms with Gasteiger partial charge in [0.2, 0.25) is 0 Å². The van der Waals surface area contributed by atoms with Crippen LogP contribution < -0.4 is 10.5 Å². The lowest BCUT2D eigenvalue weighted by molar-refractivity contribution is -0.275.